The molecule has 4 N–H and O–H groups in total. The smallest absolute Gasteiger partial charge is 0.404 e. The number of nitrogens with two attached hydrogens (primary N) is 1. The topological polar surface area (TPSA) is 122 Å². The first-order valence-electron chi connectivity index (χ1n) is 5.57. The minimum Gasteiger partial charge on any atom is -0.481 e. The molecule has 104 valence electrons. The van der Waals surface area contributed by atoms with Crippen LogP contribution in [0.25, 0.3) is 0 Å². The highest BCUT2D eigenvalue weighted by molar-refractivity contribution is 5.75. The van der Waals surface area contributed by atoms with Crippen molar-refractivity contribution in [3.8, 4) is 0 Å². The van der Waals surface area contributed by atoms with Crippen LogP contribution in [0.1, 0.15) is 20.3 Å². The van der Waals surface area contributed by atoms with Gasteiger partial charge in [-0.25, -0.2) is 9.59 Å². The van der Waals surface area contributed by atoms with Crippen molar-refractivity contribution >= 4 is 18.1 Å². The van der Waals surface area contributed by atoms with Gasteiger partial charge in [0.05, 0.1) is 13.0 Å². The van der Waals surface area contributed by atoms with Crippen LogP contribution in [-0.2, 0) is 9.53 Å². The van der Waals surface area contributed by atoms with E-state index in [9.17, 15) is 14.4 Å². The molecule has 0 aliphatic carbocycles. The van der Waals surface area contributed by atoms with Crippen LogP contribution in [0.15, 0.2) is 0 Å². The Morgan fingerprint density at radius 1 is 1.44 bits per heavy atom. The number of carbonyl (C=O) groups excluding carboxylic acids is 2. The summed E-state index contributed by atoms with van der Waals surface area (Å²) < 4.78 is 4.44. The quantitative estimate of drug-likeness (QED) is 0.556. The van der Waals surface area contributed by atoms with Gasteiger partial charge in [0.2, 0.25) is 0 Å². The Morgan fingerprint density at radius 2 is 2.06 bits per heavy atom. The SMILES string of the molecule is CCN(C(=O)NCCOC(N)=O)C(C)CC(=O)O. The van der Waals surface area contributed by atoms with E-state index in [4.69, 9.17) is 10.8 Å². The van der Waals surface area contributed by atoms with Gasteiger partial charge in [-0.2, -0.15) is 0 Å². The van der Waals surface area contributed by atoms with E-state index in [0.29, 0.717) is 6.54 Å². The van der Waals surface area contributed by atoms with Crippen molar-refractivity contribution in [3.05, 3.63) is 0 Å². The van der Waals surface area contributed by atoms with Crippen molar-refractivity contribution in [3.63, 3.8) is 0 Å². The third-order valence-corrected chi connectivity index (χ3v) is 2.23. The van der Waals surface area contributed by atoms with Gasteiger partial charge in [0.15, 0.2) is 0 Å². The molecule has 0 saturated heterocycles. The molecule has 18 heavy (non-hydrogen) atoms. The molecule has 0 aliphatic heterocycles. The van der Waals surface area contributed by atoms with Crippen LogP contribution in [0.2, 0.25) is 0 Å². The number of carboxylic acid groups (broad SMARTS) is 1. The van der Waals surface area contributed by atoms with Gasteiger partial charge in [0.1, 0.15) is 6.61 Å². The van der Waals surface area contributed by atoms with Crippen molar-refractivity contribution in [2.75, 3.05) is 19.7 Å². The maximum atomic E-state index is 11.7. The first-order chi connectivity index (χ1) is 8.38. The van der Waals surface area contributed by atoms with Crippen molar-refractivity contribution in [1.82, 2.24) is 10.2 Å². The van der Waals surface area contributed by atoms with E-state index in [1.54, 1.807) is 13.8 Å². The van der Waals surface area contributed by atoms with E-state index in [0.717, 1.165) is 0 Å². The number of aliphatic carboxylic acids is 1. The monoisotopic (exact) mass is 261 g/mol. The second-order valence-electron chi connectivity index (χ2n) is 3.63. The normalized spacial score (nSPS) is 11.4. The van der Waals surface area contributed by atoms with Gasteiger partial charge < -0.3 is 25.8 Å². The van der Waals surface area contributed by atoms with Crippen LogP contribution in [-0.4, -0.2) is 53.8 Å². The average Bonchev–Trinajstić information content (AvgIpc) is 2.24. The van der Waals surface area contributed by atoms with Crippen LogP contribution in [0.5, 0.6) is 0 Å². The highest BCUT2D eigenvalue weighted by atomic mass is 16.5. The number of ether oxygens (including phenoxy) is 1. The van der Waals surface area contributed by atoms with Crippen LogP contribution >= 0.6 is 0 Å². The predicted molar refractivity (Wildman–Crippen MR) is 63.0 cm³/mol. The summed E-state index contributed by atoms with van der Waals surface area (Å²) in [6.07, 6.45) is -1.03. The van der Waals surface area contributed by atoms with Crippen molar-refractivity contribution in [1.29, 1.82) is 0 Å². The third kappa shape index (κ3) is 6.56. The van der Waals surface area contributed by atoms with E-state index in [2.05, 4.69) is 10.1 Å². The maximum Gasteiger partial charge on any atom is 0.404 e. The van der Waals surface area contributed by atoms with E-state index < -0.39 is 24.1 Å². The largest absolute Gasteiger partial charge is 0.481 e. The summed E-state index contributed by atoms with van der Waals surface area (Å²) in [6.45, 7) is 3.88. The van der Waals surface area contributed by atoms with Crippen LogP contribution in [0, 0.1) is 0 Å². The molecule has 8 nitrogen and oxygen atoms in total. The standard InChI is InChI=1S/C10H19N3O5/c1-3-13(7(2)6-8(14)15)10(17)12-4-5-18-9(11)16/h7H,3-6H2,1-2H3,(H2,11,16)(H,12,17)(H,14,15). The molecule has 8 heteroatoms. The first-order valence-corrected chi connectivity index (χ1v) is 5.57. The molecule has 0 saturated carbocycles. The lowest BCUT2D eigenvalue weighted by Crippen LogP contribution is -2.46. The molecular weight excluding hydrogens is 242 g/mol. The molecule has 0 fully saturated rings. The number of nitrogens with zero attached hydrogens (tertiary/aromatic N) is 1. The molecule has 0 radical (unpaired) electrons. The zero-order chi connectivity index (χ0) is 14.1. The van der Waals surface area contributed by atoms with Gasteiger partial charge in [-0.3, -0.25) is 4.79 Å². The van der Waals surface area contributed by atoms with Crippen LogP contribution in [0.4, 0.5) is 9.59 Å². The Kier molecular flexibility index (Phi) is 7.25. The minimum atomic E-state index is -0.967. The second-order valence-corrected chi connectivity index (χ2v) is 3.63. The third-order valence-electron chi connectivity index (χ3n) is 2.23. The van der Waals surface area contributed by atoms with Crippen LogP contribution in [0.3, 0.4) is 0 Å². The Hall–Kier alpha value is -1.99. The van der Waals surface area contributed by atoms with Crippen molar-refractivity contribution in [2.24, 2.45) is 5.73 Å². The number of hydrogen-bond acceptors (Lipinski definition) is 4. The predicted octanol–water partition coefficient (Wildman–Crippen LogP) is -0.0236. The van der Waals surface area contributed by atoms with Gasteiger partial charge in [0.25, 0.3) is 0 Å². The summed E-state index contributed by atoms with van der Waals surface area (Å²) in [5.41, 5.74) is 4.75. The lowest BCUT2D eigenvalue weighted by molar-refractivity contribution is -0.138. The lowest BCUT2D eigenvalue weighted by Gasteiger charge is -2.27. The number of hydrogen-bond donors (Lipinski definition) is 3. The highest BCUT2D eigenvalue weighted by Crippen LogP contribution is 2.03. The molecule has 0 aliphatic rings. The van der Waals surface area contributed by atoms with Crippen molar-refractivity contribution < 1.29 is 24.2 Å². The number of primary amides is 1. The summed E-state index contributed by atoms with van der Waals surface area (Å²) in [5, 5.41) is 11.2. The molecule has 3 amide bonds. The fourth-order valence-electron chi connectivity index (χ4n) is 1.43. The molecule has 0 heterocycles. The van der Waals surface area contributed by atoms with Gasteiger partial charge in [-0.1, -0.05) is 0 Å². The molecule has 0 aromatic carbocycles. The summed E-state index contributed by atoms with van der Waals surface area (Å²) in [4.78, 5) is 33.9. The number of carbonyl (C=O) groups is 3. The summed E-state index contributed by atoms with van der Waals surface area (Å²) in [5.74, 6) is -0.967. The Balaban J connectivity index is 4.10. The number of nitrogens with one attached hydrogen (secondary N) is 1. The molecule has 0 aromatic rings. The van der Waals surface area contributed by atoms with Crippen molar-refractivity contribution in [2.45, 2.75) is 26.3 Å². The van der Waals surface area contributed by atoms with E-state index in [1.165, 1.54) is 4.90 Å². The minimum absolute atomic E-state index is 0.0219. The first kappa shape index (κ1) is 16.0. The molecule has 0 spiro atoms. The van der Waals surface area contributed by atoms with Gasteiger partial charge in [0, 0.05) is 12.6 Å². The molecule has 1 atom stereocenters. The van der Waals surface area contributed by atoms with Gasteiger partial charge in [-0.15, -0.1) is 0 Å². The zero-order valence-electron chi connectivity index (χ0n) is 10.5. The number of carboxylic acids is 1. The molecule has 0 rings (SSSR count). The molecule has 0 bridgehead atoms. The number of amides is 3. The van der Waals surface area contributed by atoms with Gasteiger partial charge in [-0.05, 0) is 13.8 Å². The molecular formula is C10H19N3O5. The Morgan fingerprint density at radius 3 is 2.50 bits per heavy atom. The fraction of sp³-hybridized carbons (Fsp3) is 0.700. The lowest BCUT2D eigenvalue weighted by atomic mass is 10.2. The summed E-state index contributed by atoms with van der Waals surface area (Å²) >= 11 is 0. The summed E-state index contributed by atoms with van der Waals surface area (Å²) in [6, 6.07) is -0.816. The molecule has 0 aromatic heterocycles. The second kappa shape index (κ2) is 8.15. The zero-order valence-corrected chi connectivity index (χ0v) is 10.5. The average molecular weight is 261 g/mol. The van der Waals surface area contributed by atoms with Gasteiger partial charge >= 0.3 is 18.1 Å². The maximum absolute atomic E-state index is 11.7. The van der Waals surface area contributed by atoms with E-state index in [-0.39, 0.29) is 19.6 Å². The van der Waals surface area contributed by atoms with E-state index >= 15 is 0 Å². The fourth-order valence-corrected chi connectivity index (χ4v) is 1.43. The molecule has 1 unspecified atom stereocenters. The number of rotatable bonds is 7. The summed E-state index contributed by atoms with van der Waals surface area (Å²) in [7, 11) is 0. The Bertz CT molecular complexity index is 308. The Labute approximate surface area is 105 Å². The highest BCUT2D eigenvalue weighted by Gasteiger charge is 2.20. The number of urea groups is 1. The van der Waals surface area contributed by atoms with Crippen LogP contribution < -0.4 is 11.1 Å². The van der Waals surface area contributed by atoms with E-state index in [1.807, 2.05) is 0 Å².